The monoisotopic (exact) mass is 314 g/mol. The second kappa shape index (κ2) is 9.58. The minimum Gasteiger partial charge on any atom is -1.00 e. The van der Waals surface area contributed by atoms with Crippen molar-refractivity contribution in [2.24, 2.45) is 16.5 Å². The third kappa shape index (κ3) is 7.78. The van der Waals surface area contributed by atoms with E-state index in [0.29, 0.717) is 25.8 Å². The molecule has 0 aliphatic carbocycles. The Morgan fingerprint density at radius 3 is 2.39 bits per heavy atom. The predicted octanol–water partition coefficient (Wildman–Crippen LogP) is -3.01. The fourth-order valence-corrected chi connectivity index (χ4v) is 1.45. The van der Waals surface area contributed by atoms with E-state index in [4.69, 9.17) is 11.5 Å². The van der Waals surface area contributed by atoms with E-state index in [2.05, 4.69) is 4.99 Å². The van der Waals surface area contributed by atoms with Gasteiger partial charge in [-0.1, -0.05) is 6.07 Å². The molecule has 0 saturated carbocycles. The Bertz CT molecular complexity index is 377. The SMILES string of the molecule is NC(N)=NCCCC(=O)CC[n+]1ccccc1.[Br-]. The highest BCUT2D eigenvalue weighted by Crippen LogP contribution is 1.96. The largest absolute Gasteiger partial charge is 1.00 e. The summed E-state index contributed by atoms with van der Waals surface area (Å²) < 4.78 is 1.99. The van der Waals surface area contributed by atoms with Crippen LogP contribution in [0.25, 0.3) is 0 Å². The maximum absolute atomic E-state index is 11.5. The number of pyridine rings is 1. The number of nitrogens with zero attached hydrogens (tertiary/aromatic N) is 2. The van der Waals surface area contributed by atoms with Gasteiger partial charge in [0.2, 0.25) is 0 Å². The molecule has 1 rings (SSSR count). The third-order valence-electron chi connectivity index (χ3n) is 2.33. The Balaban J connectivity index is 0.00000289. The highest BCUT2D eigenvalue weighted by Gasteiger charge is 2.05. The van der Waals surface area contributed by atoms with E-state index in [1.807, 2.05) is 35.2 Å². The number of ketones is 1. The Hall–Kier alpha value is -1.43. The molecule has 0 aliphatic rings. The fourth-order valence-electron chi connectivity index (χ4n) is 1.45. The molecule has 0 fully saturated rings. The number of carbonyl (C=O) groups is 1. The topological polar surface area (TPSA) is 85.3 Å². The number of hydrogen-bond donors (Lipinski definition) is 2. The van der Waals surface area contributed by atoms with Crippen molar-refractivity contribution >= 4 is 11.7 Å². The summed E-state index contributed by atoms with van der Waals surface area (Å²) in [5.41, 5.74) is 10.4. The zero-order valence-corrected chi connectivity index (χ0v) is 11.8. The van der Waals surface area contributed by atoms with Crippen molar-refractivity contribution in [3.8, 4) is 0 Å². The van der Waals surface area contributed by atoms with Gasteiger partial charge in [-0.2, -0.15) is 0 Å². The van der Waals surface area contributed by atoms with Crippen LogP contribution >= 0.6 is 0 Å². The molecule has 1 aromatic heterocycles. The number of aliphatic imine (C=N–C) groups is 1. The van der Waals surface area contributed by atoms with Gasteiger partial charge in [-0.25, -0.2) is 4.57 Å². The molecule has 5 nitrogen and oxygen atoms in total. The standard InChI is InChI=1S/C12H19N4O.BrH/c13-12(14)15-7-4-5-11(17)6-10-16-8-2-1-3-9-16;/h1-3,8-9H,4-7,10H2,(H4,13,14,15);1H/q+1;/p-1. The zero-order valence-electron chi connectivity index (χ0n) is 10.3. The summed E-state index contributed by atoms with van der Waals surface area (Å²) in [5, 5.41) is 0. The molecule has 0 aromatic carbocycles. The summed E-state index contributed by atoms with van der Waals surface area (Å²) in [4.78, 5) is 15.4. The van der Waals surface area contributed by atoms with E-state index in [1.54, 1.807) is 0 Å². The van der Waals surface area contributed by atoms with Gasteiger partial charge in [0.05, 0.1) is 6.42 Å². The summed E-state index contributed by atoms with van der Waals surface area (Å²) in [6, 6.07) is 5.85. The minimum atomic E-state index is 0. The average molecular weight is 315 g/mol. The zero-order chi connectivity index (χ0) is 12.5. The molecular formula is C12H19BrN4O. The summed E-state index contributed by atoms with van der Waals surface area (Å²) >= 11 is 0. The number of hydrogen-bond acceptors (Lipinski definition) is 2. The second-order valence-electron chi connectivity index (χ2n) is 3.81. The van der Waals surface area contributed by atoms with Crippen LogP contribution in [0.4, 0.5) is 0 Å². The number of aromatic nitrogens is 1. The lowest BCUT2D eigenvalue weighted by atomic mass is 10.1. The number of halogens is 1. The van der Waals surface area contributed by atoms with Gasteiger partial charge in [0.1, 0.15) is 5.78 Å². The van der Waals surface area contributed by atoms with Gasteiger partial charge >= 0.3 is 0 Å². The van der Waals surface area contributed by atoms with Crippen LogP contribution in [0.15, 0.2) is 35.6 Å². The van der Waals surface area contributed by atoms with E-state index in [9.17, 15) is 4.79 Å². The smallest absolute Gasteiger partial charge is 0.185 e. The molecule has 0 amide bonds. The lowest BCUT2D eigenvalue weighted by Crippen LogP contribution is -3.00. The quantitative estimate of drug-likeness (QED) is 0.243. The number of rotatable bonds is 7. The van der Waals surface area contributed by atoms with Crippen LogP contribution in [0.2, 0.25) is 0 Å². The normalized spacial score (nSPS) is 9.33. The van der Waals surface area contributed by atoms with Gasteiger partial charge in [0, 0.05) is 25.1 Å². The van der Waals surface area contributed by atoms with Crippen molar-refractivity contribution in [1.82, 2.24) is 0 Å². The van der Waals surface area contributed by atoms with Crippen molar-refractivity contribution in [2.45, 2.75) is 25.8 Å². The molecule has 1 aromatic rings. The summed E-state index contributed by atoms with van der Waals surface area (Å²) in [6.07, 6.45) is 5.69. The first kappa shape index (κ1) is 16.6. The second-order valence-corrected chi connectivity index (χ2v) is 3.81. The van der Waals surface area contributed by atoms with Crippen LogP contribution in [-0.4, -0.2) is 18.3 Å². The van der Waals surface area contributed by atoms with Crippen molar-refractivity contribution in [2.75, 3.05) is 6.54 Å². The molecule has 4 N–H and O–H groups in total. The van der Waals surface area contributed by atoms with Crippen LogP contribution in [0.3, 0.4) is 0 Å². The maximum atomic E-state index is 11.5. The highest BCUT2D eigenvalue weighted by molar-refractivity contribution is 5.78. The molecule has 0 bridgehead atoms. The van der Waals surface area contributed by atoms with Crippen LogP contribution in [-0.2, 0) is 11.3 Å². The molecule has 0 radical (unpaired) electrons. The lowest BCUT2D eigenvalue weighted by Gasteiger charge is -1.98. The van der Waals surface area contributed by atoms with E-state index in [0.717, 1.165) is 6.54 Å². The van der Waals surface area contributed by atoms with Crippen LogP contribution in [0, 0.1) is 0 Å². The van der Waals surface area contributed by atoms with E-state index < -0.39 is 0 Å². The molecule has 6 heteroatoms. The number of guanidine groups is 1. The molecule has 100 valence electrons. The first-order valence-electron chi connectivity index (χ1n) is 5.69. The first-order valence-corrected chi connectivity index (χ1v) is 5.69. The van der Waals surface area contributed by atoms with Gasteiger partial charge < -0.3 is 28.4 Å². The molecule has 0 unspecified atom stereocenters. The highest BCUT2D eigenvalue weighted by atomic mass is 79.9. The summed E-state index contributed by atoms with van der Waals surface area (Å²) in [7, 11) is 0. The van der Waals surface area contributed by atoms with Gasteiger partial charge in [-0.15, -0.1) is 0 Å². The Kier molecular flexibility index (Phi) is 8.82. The summed E-state index contributed by atoms with van der Waals surface area (Å²) in [6.45, 7) is 1.24. The van der Waals surface area contributed by atoms with E-state index >= 15 is 0 Å². The van der Waals surface area contributed by atoms with Crippen molar-refractivity contribution in [3.05, 3.63) is 30.6 Å². The number of aryl methyl sites for hydroxylation is 1. The summed E-state index contributed by atoms with van der Waals surface area (Å²) in [5.74, 6) is 0.324. The average Bonchev–Trinajstić information content (AvgIpc) is 2.33. The van der Waals surface area contributed by atoms with Crippen LogP contribution < -0.4 is 33.0 Å². The Morgan fingerprint density at radius 2 is 1.78 bits per heavy atom. The fraction of sp³-hybridized carbons (Fsp3) is 0.417. The van der Waals surface area contributed by atoms with Gasteiger partial charge in [0.15, 0.2) is 24.9 Å². The lowest BCUT2D eigenvalue weighted by molar-refractivity contribution is -0.695. The molecule has 1 heterocycles. The molecule has 0 aliphatic heterocycles. The molecule has 0 spiro atoms. The minimum absolute atomic E-state index is 0. The van der Waals surface area contributed by atoms with Gasteiger partial charge in [-0.3, -0.25) is 9.79 Å². The van der Waals surface area contributed by atoms with Crippen molar-refractivity contribution in [3.63, 3.8) is 0 Å². The third-order valence-corrected chi connectivity index (χ3v) is 2.33. The van der Waals surface area contributed by atoms with E-state index in [-0.39, 0.29) is 28.7 Å². The van der Waals surface area contributed by atoms with Crippen molar-refractivity contribution < 1.29 is 26.3 Å². The Morgan fingerprint density at radius 1 is 1.11 bits per heavy atom. The van der Waals surface area contributed by atoms with Crippen LogP contribution in [0.5, 0.6) is 0 Å². The molecular weight excluding hydrogens is 296 g/mol. The van der Waals surface area contributed by atoms with Gasteiger partial charge in [0.25, 0.3) is 0 Å². The molecule has 18 heavy (non-hydrogen) atoms. The maximum Gasteiger partial charge on any atom is 0.185 e. The molecule has 0 atom stereocenters. The molecule has 0 saturated heterocycles. The van der Waals surface area contributed by atoms with Gasteiger partial charge in [-0.05, 0) is 6.42 Å². The Labute approximate surface area is 118 Å². The van der Waals surface area contributed by atoms with Crippen LogP contribution in [0.1, 0.15) is 19.3 Å². The first-order chi connectivity index (χ1) is 8.18. The predicted molar refractivity (Wildman–Crippen MR) is 66.2 cm³/mol. The number of nitrogens with two attached hydrogens (primary N) is 2. The van der Waals surface area contributed by atoms with E-state index in [1.165, 1.54) is 0 Å². The number of Topliss-reactive ketones (excluding diaryl/α,β-unsaturated/α-hetero) is 1. The number of carbonyl (C=O) groups excluding carboxylic acids is 1. The van der Waals surface area contributed by atoms with Crippen molar-refractivity contribution in [1.29, 1.82) is 0 Å².